The van der Waals surface area contributed by atoms with Gasteiger partial charge in [0.25, 0.3) is 5.91 Å². The number of thiazole rings is 1. The summed E-state index contributed by atoms with van der Waals surface area (Å²) in [7, 11) is 1.78. The Morgan fingerprint density at radius 1 is 1.42 bits per heavy atom. The summed E-state index contributed by atoms with van der Waals surface area (Å²) in [5, 5.41) is 2.07. The third-order valence-corrected chi connectivity index (χ3v) is 5.28. The first kappa shape index (κ1) is 15.2. The van der Waals surface area contributed by atoms with Crippen molar-refractivity contribution in [1.82, 2.24) is 9.38 Å². The zero-order valence-electron chi connectivity index (χ0n) is 13.7. The van der Waals surface area contributed by atoms with E-state index in [1.165, 1.54) is 0 Å². The molecule has 0 spiro atoms. The molecule has 4 rings (SSSR count). The van der Waals surface area contributed by atoms with Crippen LogP contribution in [0.4, 0.5) is 5.69 Å². The molecule has 0 bridgehead atoms. The van der Waals surface area contributed by atoms with Gasteiger partial charge in [-0.05, 0) is 32.0 Å². The van der Waals surface area contributed by atoms with Crippen molar-refractivity contribution < 1.29 is 9.53 Å². The van der Waals surface area contributed by atoms with Crippen molar-refractivity contribution in [2.45, 2.75) is 26.5 Å². The largest absolute Gasteiger partial charge is 0.479 e. The quantitative estimate of drug-likeness (QED) is 0.777. The Bertz CT molecular complexity index is 959. The maximum atomic E-state index is 12.2. The summed E-state index contributed by atoms with van der Waals surface area (Å²) < 4.78 is 7.79. The Hall–Kier alpha value is -2.38. The molecule has 1 aromatic carbocycles. The number of amides is 1. The van der Waals surface area contributed by atoms with Gasteiger partial charge in [0.15, 0.2) is 11.1 Å². The fourth-order valence-corrected chi connectivity index (χ4v) is 4.09. The normalized spacial score (nSPS) is 17.2. The van der Waals surface area contributed by atoms with Crippen LogP contribution in [0.5, 0.6) is 5.75 Å². The fraction of sp³-hybridized carbons (Fsp3) is 0.294. The predicted octanol–water partition coefficient (Wildman–Crippen LogP) is 2.57. The molecule has 24 heavy (non-hydrogen) atoms. The highest BCUT2D eigenvalue weighted by Gasteiger charge is 2.29. The summed E-state index contributed by atoms with van der Waals surface area (Å²) in [6.45, 7) is 4.17. The molecule has 1 atom stereocenters. The summed E-state index contributed by atoms with van der Waals surface area (Å²) in [6, 6.07) is 5.90. The summed E-state index contributed by atoms with van der Waals surface area (Å²) in [5.41, 5.74) is 10.7. The number of nitrogens with zero attached hydrogens (tertiary/aromatic N) is 3. The highest BCUT2D eigenvalue weighted by atomic mass is 32.1. The molecule has 3 heterocycles. The molecule has 124 valence electrons. The van der Waals surface area contributed by atoms with E-state index in [0.717, 1.165) is 39.0 Å². The van der Waals surface area contributed by atoms with Crippen LogP contribution in [-0.2, 0) is 11.3 Å². The molecule has 0 aliphatic carbocycles. The maximum absolute atomic E-state index is 12.2. The number of benzene rings is 1. The van der Waals surface area contributed by atoms with E-state index in [9.17, 15) is 4.79 Å². The van der Waals surface area contributed by atoms with Crippen LogP contribution in [0.1, 0.15) is 18.3 Å². The maximum Gasteiger partial charge on any atom is 0.267 e. The van der Waals surface area contributed by atoms with Crippen molar-refractivity contribution >= 4 is 27.9 Å². The van der Waals surface area contributed by atoms with E-state index in [4.69, 9.17) is 10.5 Å². The Morgan fingerprint density at radius 2 is 2.21 bits per heavy atom. The number of carbonyl (C=O) groups excluding carboxylic acids is 1. The van der Waals surface area contributed by atoms with Crippen LogP contribution in [0.2, 0.25) is 0 Å². The smallest absolute Gasteiger partial charge is 0.267 e. The highest BCUT2D eigenvalue weighted by molar-refractivity contribution is 7.15. The van der Waals surface area contributed by atoms with Gasteiger partial charge in [0.05, 0.1) is 22.8 Å². The number of nitrogens with two attached hydrogens (primary N) is 1. The number of aromatic nitrogens is 2. The van der Waals surface area contributed by atoms with Crippen LogP contribution in [-0.4, -0.2) is 28.4 Å². The highest BCUT2D eigenvalue weighted by Crippen LogP contribution is 2.38. The van der Waals surface area contributed by atoms with Crippen molar-refractivity contribution in [2.75, 3.05) is 11.9 Å². The van der Waals surface area contributed by atoms with Crippen LogP contribution in [0.25, 0.3) is 16.2 Å². The number of ether oxygens (including phenoxy) is 1. The monoisotopic (exact) mass is 342 g/mol. The number of rotatable bonds is 2. The Morgan fingerprint density at radius 3 is 2.96 bits per heavy atom. The van der Waals surface area contributed by atoms with E-state index < -0.39 is 6.10 Å². The van der Waals surface area contributed by atoms with E-state index in [1.54, 1.807) is 30.2 Å². The molecule has 0 saturated carbocycles. The number of hydrogen-bond acceptors (Lipinski definition) is 5. The van der Waals surface area contributed by atoms with Crippen LogP contribution >= 0.6 is 11.3 Å². The van der Waals surface area contributed by atoms with E-state index in [0.29, 0.717) is 6.54 Å². The zero-order chi connectivity index (χ0) is 17.0. The van der Waals surface area contributed by atoms with Crippen molar-refractivity contribution in [3.8, 4) is 17.0 Å². The van der Waals surface area contributed by atoms with Gasteiger partial charge in [-0.15, -0.1) is 11.3 Å². The number of aryl methyl sites for hydroxylation is 1. The third kappa shape index (κ3) is 2.05. The summed E-state index contributed by atoms with van der Waals surface area (Å²) in [6.07, 6.45) is -0.457. The van der Waals surface area contributed by atoms with E-state index >= 15 is 0 Å². The van der Waals surface area contributed by atoms with E-state index in [2.05, 4.69) is 14.8 Å². The Kier molecular flexibility index (Phi) is 3.36. The first-order valence-electron chi connectivity index (χ1n) is 7.75. The molecule has 0 saturated heterocycles. The molecule has 2 N–H and O–H groups in total. The minimum absolute atomic E-state index is 0.0451. The minimum atomic E-state index is -0.457. The van der Waals surface area contributed by atoms with Crippen LogP contribution in [0, 0.1) is 6.92 Å². The van der Waals surface area contributed by atoms with Crippen molar-refractivity contribution in [3.05, 3.63) is 35.0 Å². The first-order chi connectivity index (χ1) is 11.5. The molecule has 2 aromatic heterocycles. The van der Waals surface area contributed by atoms with Gasteiger partial charge in [0.2, 0.25) is 0 Å². The molecular weight excluding hydrogens is 324 g/mol. The number of hydrogen-bond donors (Lipinski definition) is 1. The van der Waals surface area contributed by atoms with Crippen LogP contribution < -0.4 is 15.4 Å². The SMILES string of the molecule is Cc1nc2scc(-c3ccc4c(c3)N(C)C(=O)C(C)O4)n2c1CN. The molecule has 1 amide bonds. The van der Waals surface area contributed by atoms with Gasteiger partial charge in [-0.3, -0.25) is 9.20 Å². The number of fused-ring (bicyclic) bond motifs is 2. The zero-order valence-corrected chi connectivity index (χ0v) is 14.6. The molecule has 7 heteroatoms. The first-order valence-corrected chi connectivity index (χ1v) is 8.63. The molecule has 1 aliphatic rings. The van der Waals surface area contributed by atoms with Gasteiger partial charge in [0.1, 0.15) is 5.75 Å². The van der Waals surface area contributed by atoms with Gasteiger partial charge in [0, 0.05) is 24.5 Å². The van der Waals surface area contributed by atoms with Crippen molar-refractivity contribution in [1.29, 1.82) is 0 Å². The fourth-order valence-electron chi connectivity index (χ4n) is 3.13. The Balaban J connectivity index is 1.89. The lowest BCUT2D eigenvalue weighted by Gasteiger charge is -2.30. The number of imidazole rings is 1. The molecule has 6 nitrogen and oxygen atoms in total. The van der Waals surface area contributed by atoms with Gasteiger partial charge in [-0.2, -0.15) is 0 Å². The Labute approximate surface area is 143 Å². The lowest BCUT2D eigenvalue weighted by molar-refractivity contribution is -0.125. The molecule has 1 aliphatic heterocycles. The van der Waals surface area contributed by atoms with Crippen molar-refractivity contribution in [2.24, 2.45) is 5.73 Å². The van der Waals surface area contributed by atoms with Gasteiger partial charge in [-0.25, -0.2) is 4.98 Å². The average molecular weight is 342 g/mol. The second-order valence-electron chi connectivity index (χ2n) is 5.93. The van der Waals surface area contributed by atoms with E-state index in [-0.39, 0.29) is 5.91 Å². The molecule has 0 radical (unpaired) electrons. The standard InChI is InChI=1S/C17H18N4O2S/c1-9-13(7-18)21-14(8-24-17(21)19-9)11-4-5-15-12(6-11)20(3)16(22)10(2)23-15/h4-6,8,10H,7,18H2,1-3H3. The predicted molar refractivity (Wildman–Crippen MR) is 94.6 cm³/mol. The number of carbonyl (C=O) groups is 1. The topological polar surface area (TPSA) is 72.9 Å². The lowest BCUT2D eigenvalue weighted by atomic mass is 10.1. The number of likely N-dealkylation sites (N-methyl/N-ethyl adjacent to an activating group) is 1. The molecule has 3 aromatic rings. The van der Waals surface area contributed by atoms with Crippen molar-refractivity contribution in [3.63, 3.8) is 0 Å². The minimum Gasteiger partial charge on any atom is -0.479 e. The van der Waals surface area contributed by atoms with Crippen LogP contribution in [0.3, 0.4) is 0 Å². The molecule has 0 fully saturated rings. The lowest BCUT2D eigenvalue weighted by Crippen LogP contribution is -2.41. The second-order valence-corrected chi connectivity index (χ2v) is 6.76. The van der Waals surface area contributed by atoms with Crippen LogP contribution in [0.15, 0.2) is 23.6 Å². The van der Waals surface area contributed by atoms with Gasteiger partial charge in [-0.1, -0.05) is 0 Å². The third-order valence-electron chi connectivity index (χ3n) is 4.45. The summed E-state index contributed by atoms with van der Waals surface area (Å²) in [4.78, 5) is 19.3. The van der Waals surface area contributed by atoms with Gasteiger partial charge >= 0.3 is 0 Å². The second kappa shape index (κ2) is 5.32. The average Bonchev–Trinajstić information content (AvgIpc) is 3.10. The molecule has 1 unspecified atom stereocenters. The van der Waals surface area contributed by atoms with E-state index in [1.807, 2.05) is 25.1 Å². The van der Waals surface area contributed by atoms with Gasteiger partial charge < -0.3 is 15.4 Å². The summed E-state index contributed by atoms with van der Waals surface area (Å²) in [5.74, 6) is 0.678. The summed E-state index contributed by atoms with van der Waals surface area (Å²) >= 11 is 1.58. The molecular formula is C17H18N4O2S. The number of anilines is 1.